The number of amides is 1. The average molecular weight is 311 g/mol. The fourth-order valence-electron chi connectivity index (χ4n) is 2.62. The molecule has 2 aromatic carbocycles. The largest absolute Gasteiger partial charge is 0.332 e. The number of nitrogens with one attached hydrogen (secondary N) is 1. The molecule has 0 unspecified atom stereocenters. The molecular formula is C20H27N2O+. The number of nitrogens with two attached hydrogens (primary N) is 1. The van der Waals surface area contributed by atoms with Crippen LogP contribution in [0.25, 0.3) is 0 Å². The molecule has 0 aliphatic rings. The third-order valence-electron chi connectivity index (χ3n) is 4.05. The standard InChI is InChI=1S/C20H26N2O/c1-4-5-13-21-19(17-9-7-6-8-10-17)20(23)22-18-14-15(2)11-12-16(18)3/h6-12,14,19,21H,4-5,13H2,1-3H3,(H,22,23)/p+1/t19-/m0/s1. The molecule has 122 valence electrons. The number of hydrogen-bond acceptors (Lipinski definition) is 1. The first-order chi connectivity index (χ1) is 11.1. The molecule has 2 rings (SSSR count). The van der Waals surface area contributed by atoms with Crippen LogP contribution in [0.3, 0.4) is 0 Å². The summed E-state index contributed by atoms with van der Waals surface area (Å²) < 4.78 is 0. The molecule has 0 fully saturated rings. The molecule has 3 heteroatoms. The Balaban J connectivity index is 2.17. The van der Waals surface area contributed by atoms with Gasteiger partial charge in [-0.05, 0) is 37.5 Å². The second-order valence-electron chi connectivity index (χ2n) is 6.07. The fraction of sp³-hybridized carbons (Fsp3) is 0.350. The van der Waals surface area contributed by atoms with Crippen molar-refractivity contribution in [3.8, 4) is 0 Å². The third kappa shape index (κ3) is 4.93. The van der Waals surface area contributed by atoms with E-state index in [1.54, 1.807) is 0 Å². The van der Waals surface area contributed by atoms with Gasteiger partial charge < -0.3 is 10.6 Å². The van der Waals surface area contributed by atoms with E-state index >= 15 is 0 Å². The minimum Gasteiger partial charge on any atom is -0.332 e. The quantitative estimate of drug-likeness (QED) is 0.757. The monoisotopic (exact) mass is 311 g/mol. The van der Waals surface area contributed by atoms with Crippen LogP contribution in [0, 0.1) is 13.8 Å². The van der Waals surface area contributed by atoms with Crippen molar-refractivity contribution in [2.45, 2.75) is 39.7 Å². The van der Waals surface area contributed by atoms with Gasteiger partial charge in [0.25, 0.3) is 5.91 Å². The number of rotatable bonds is 7. The van der Waals surface area contributed by atoms with Gasteiger partial charge in [-0.1, -0.05) is 55.8 Å². The van der Waals surface area contributed by atoms with Crippen molar-refractivity contribution in [3.05, 3.63) is 65.2 Å². The first-order valence-electron chi connectivity index (χ1n) is 8.38. The maximum Gasteiger partial charge on any atom is 0.287 e. The molecule has 0 saturated carbocycles. The van der Waals surface area contributed by atoms with Crippen LogP contribution in [0.4, 0.5) is 5.69 Å². The predicted octanol–water partition coefficient (Wildman–Crippen LogP) is 3.35. The maximum absolute atomic E-state index is 12.8. The number of carbonyl (C=O) groups excluding carboxylic acids is 1. The van der Waals surface area contributed by atoms with Crippen molar-refractivity contribution in [1.29, 1.82) is 0 Å². The van der Waals surface area contributed by atoms with Gasteiger partial charge in [0.05, 0.1) is 6.54 Å². The molecule has 0 radical (unpaired) electrons. The van der Waals surface area contributed by atoms with E-state index in [4.69, 9.17) is 0 Å². The number of quaternary nitrogens is 1. The zero-order valence-electron chi connectivity index (χ0n) is 14.3. The van der Waals surface area contributed by atoms with E-state index in [2.05, 4.69) is 23.6 Å². The molecule has 0 saturated heterocycles. The number of hydrogen-bond donors (Lipinski definition) is 2. The molecule has 1 atom stereocenters. The Morgan fingerprint density at radius 1 is 1.13 bits per heavy atom. The highest BCUT2D eigenvalue weighted by atomic mass is 16.2. The van der Waals surface area contributed by atoms with E-state index in [1.165, 1.54) is 0 Å². The molecule has 3 nitrogen and oxygen atoms in total. The Labute approximate surface area is 139 Å². The lowest BCUT2D eigenvalue weighted by molar-refractivity contribution is -0.682. The minimum absolute atomic E-state index is 0.0426. The highest BCUT2D eigenvalue weighted by molar-refractivity contribution is 5.95. The van der Waals surface area contributed by atoms with Gasteiger partial charge in [0.15, 0.2) is 6.04 Å². The average Bonchev–Trinajstić information content (AvgIpc) is 2.56. The SMILES string of the molecule is CCCC[NH2+][C@H](C(=O)Nc1cc(C)ccc1C)c1ccccc1. The minimum atomic E-state index is -0.206. The van der Waals surface area contributed by atoms with E-state index in [9.17, 15) is 4.79 Å². The smallest absolute Gasteiger partial charge is 0.287 e. The lowest BCUT2D eigenvalue weighted by Crippen LogP contribution is -2.87. The second kappa shape index (κ2) is 8.49. The molecule has 0 aliphatic carbocycles. The summed E-state index contributed by atoms with van der Waals surface area (Å²) in [6.45, 7) is 7.18. The zero-order chi connectivity index (χ0) is 16.7. The fourth-order valence-corrected chi connectivity index (χ4v) is 2.62. The molecule has 23 heavy (non-hydrogen) atoms. The van der Waals surface area contributed by atoms with Crippen LogP contribution in [0.1, 0.15) is 42.5 Å². The topological polar surface area (TPSA) is 45.7 Å². The molecule has 2 aromatic rings. The normalized spacial score (nSPS) is 12.0. The summed E-state index contributed by atoms with van der Waals surface area (Å²) in [5, 5.41) is 5.24. The first kappa shape index (κ1) is 17.2. The summed E-state index contributed by atoms with van der Waals surface area (Å²) in [7, 11) is 0. The Morgan fingerprint density at radius 3 is 2.57 bits per heavy atom. The van der Waals surface area contributed by atoms with Gasteiger partial charge in [-0.15, -0.1) is 0 Å². The van der Waals surface area contributed by atoms with Crippen LogP contribution >= 0.6 is 0 Å². The van der Waals surface area contributed by atoms with Crippen molar-refractivity contribution in [2.75, 3.05) is 11.9 Å². The van der Waals surface area contributed by atoms with Crippen molar-refractivity contribution >= 4 is 11.6 Å². The predicted molar refractivity (Wildman–Crippen MR) is 95.4 cm³/mol. The molecule has 0 heterocycles. The Hall–Kier alpha value is -2.13. The second-order valence-corrected chi connectivity index (χ2v) is 6.07. The maximum atomic E-state index is 12.8. The van der Waals surface area contributed by atoms with Gasteiger partial charge in [0.2, 0.25) is 0 Å². The van der Waals surface area contributed by atoms with E-state index in [-0.39, 0.29) is 11.9 Å². The Bertz CT molecular complexity index is 637. The van der Waals surface area contributed by atoms with Gasteiger partial charge in [-0.3, -0.25) is 4.79 Å². The molecule has 1 amide bonds. The summed E-state index contributed by atoms with van der Waals surface area (Å²) in [5.41, 5.74) is 4.19. The number of benzene rings is 2. The summed E-state index contributed by atoms with van der Waals surface area (Å²) in [6, 6.07) is 15.9. The molecule has 0 aromatic heterocycles. The number of anilines is 1. The van der Waals surface area contributed by atoms with Gasteiger partial charge in [0, 0.05) is 11.3 Å². The van der Waals surface area contributed by atoms with Crippen LogP contribution < -0.4 is 10.6 Å². The Morgan fingerprint density at radius 2 is 1.87 bits per heavy atom. The molecular weight excluding hydrogens is 284 g/mol. The summed E-state index contributed by atoms with van der Waals surface area (Å²) in [5.74, 6) is 0.0426. The molecule has 0 bridgehead atoms. The van der Waals surface area contributed by atoms with Crippen LogP contribution in [0.15, 0.2) is 48.5 Å². The highest BCUT2D eigenvalue weighted by Crippen LogP contribution is 2.18. The number of aryl methyl sites for hydroxylation is 2. The van der Waals surface area contributed by atoms with Crippen LogP contribution in [-0.2, 0) is 4.79 Å². The molecule has 3 N–H and O–H groups in total. The first-order valence-corrected chi connectivity index (χ1v) is 8.38. The van der Waals surface area contributed by atoms with Gasteiger partial charge in [0.1, 0.15) is 0 Å². The van der Waals surface area contributed by atoms with E-state index in [0.717, 1.165) is 41.8 Å². The summed E-state index contributed by atoms with van der Waals surface area (Å²) >= 11 is 0. The van der Waals surface area contributed by atoms with Gasteiger partial charge in [-0.25, -0.2) is 0 Å². The number of unbranched alkanes of at least 4 members (excludes halogenated alkanes) is 1. The van der Waals surface area contributed by atoms with Gasteiger partial charge in [-0.2, -0.15) is 0 Å². The molecule has 0 aliphatic heterocycles. The summed E-state index contributed by atoms with van der Waals surface area (Å²) in [4.78, 5) is 12.8. The van der Waals surface area contributed by atoms with Crippen LogP contribution in [0.5, 0.6) is 0 Å². The zero-order valence-corrected chi connectivity index (χ0v) is 14.3. The van der Waals surface area contributed by atoms with Crippen molar-refractivity contribution in [1.82, 2.24) is 0 Å². The summed E-state index contributed by atoms with van der Waals surface area (Å²) in [6.07, 6.45) is 2.25. The third-order valence-corrected chi connectivity index (χ3v) is 4.05. The lowest BCUT2D eigenvalue weighted by atomic mass is 10.0. The van der Waals surface area contributed by atoms with Crippen molar-refractivity contribution in [3.63, 3.8) is 0 Å². The lowest BCUT2D eigenvalue weighted by Gasteiger charge is -2.17. The molecule has 0 spiro atoms. The Kier molecular flexibility index (Phi) is 6.36. The van der Waals surface area contributed by atoms with E-state index in [0.29, 0.717) is 0 Å². The van der Waals surface area contributed by atoms with Crippen LogP contribution in [0.2, 0.25) is 0 Å². The van der Waals surface area contributed by atoms with E-state index < -0.39 is 0 Å². The van der Waals surface area contributed by atoms with Crippen molar-refractivity contribution in [2.24, 2.45) is 0 Å². The van der Waals surface area contributed by atoms with E-state index in [1.807, 2.05) is 56.3 Å². The number of carbonyl (C=O) groups is 1. The van der Waals surface area contributed by atoms with Gasteiger partial charge >= 0.3 is 0 Å². The van der Waals surface area contributed by atoms with Crippen molar-refractivity contribution < 1.29 is 10.1 Å². The highest BCUT2D eigenvalue weighted by Gasteiger charge is 2.24. The van der Waals surface area contributed by atoms with Crippen LogP contribution in [-0.4, -0.2) is 12.5 Å².